The first-order chi connectivity index (χ1) is 9.29. The molecule has 0 amide bonds. The minimum absolute atomic E-state index is 0.102. The minimum Gasteiger partial charge on any atom is -0.508 e. The normalized spacial score (nSPS) is 13.2. The SMILES string of the molecule is Oc1ccc([C@@H](c2ccc(O)c(O)c2)C(Cl)(Cl)Cl)cc1. The van der Waals surface area contributed by atoms with Crippen LogP contribution >= 0.6 is 34.8 Å². The molecule has 0 unspecified atom stereocenters. The summed E-state index contributed by atoms with van der Waals surface area (Å²) in [5.74, 6) is -1.09. The van der Waals surface area contributed by atoms with Crippen LogP contribution in [0.3, 0.4) is 0 Å². The van der Waals surface area contributed by atoms with Crippen molar-refractivity contribution in [3.05, 3.63) is 53.6 Å². The van der Waals surface area contributed by atoms with Gasteiger partial charge in [-0.15, -0.1) is 0 Å². The number of aromatic hydroxyl groups is 3. The molecule has 0 aromatic heterocycles. The molecule has 1 atom stereocenters. The van der Waals surface area contributed by atoms with Gasteiger partial charge in [-0.05, 0) is 35.4 Å². The van der Waals surface area contributed by atoms with Gasteiger partial charge in [-0.25, -0.2) is 0 Å². The molecule has 2 aromatic rings. The number of alkyl halides is 3. The van der Waals surface area contributed by atoms with Crippen LogP contribution in [0.1, 0.15) is 17.0 Å². The Balaban J connectivity index is 2.53. The van der Waals surface area contributed by atoms with Crippen LogP contribution in [-0.2, 0) is 0 Å². The van der Waals surface area contributed by atoms with Crippen LogP contribution < -0.4 is 0 Å². The van der Waals surface area contributed by atoms with Crippen molar-refractivity contribution in [3.8, 4) is 17.2 Å². The Morgan fingerprint density at radius 1 is 0.750 bits per heavy atom. The molecule has 0 fully saturated rings. The second-order valence-electron chi connectivity index (χ2n) is 4.31. The molecule has 0 saturated carbocycles. The van der Waals surface area contributed by atoms with Crippen LogP contribution in [-0.4, -0.2) is 19.1 Å². The molecule has 0 radical (unpaired) electrons. The molecule has 0 aliphatic heterocycles. The summed E-state index contributed by atoms with van der Waals surface area (Å²) in [5, 5.41) is 28.3. The second-order valence-corrected chi connectivity index (χ2v) is 6.68. The maximum absolute atomic E-state index is 9.59. The fraction of sp³-hybridized carbons (Fsp3) is 0.143. The highest BCUT2D eigenvalue weighted by molar-refractivity contribution is 6.68. The minimum atomic E-state index is -1.65. The molecule has 0 spiro atoms. The molecule has 20 heavy (non-hydrogen) atoms. The van der Waals surface area contributed by atoms with Crippen molar-refractivity contribution >= 4 is 34.8 Å². The summed E-state index contributed by atoms with van der Waals surface area (Å²) in [6.45, 7) is 0. The van der Waals surface area contributed by atoms with Crippen molar-refractivity contribution in [1.82, 2.24) is 0 Å². The summed E-state index contributed by atoms with van der Waals surface area (Å²) < 4.78 is -1.65. The van der Waals surface area contributed by atoms with E-state index in [1.165, 1.54) is 24.3 Å². The van der Waals surface area contributed by atoms with Crippen LogP contribution in [0.2, 0.25) is 0 Å². The van der Waals surface area contributed by atoms with Gasteiger partial charge in [-0.2, -0.15) is 0 Å². The molecule has 0 aliphatic carbocycles. The zero-order valence-electron chi connectivity index (χ0n) is 10.1. The van der Waals surface area contributed by atoms with Gasteiger partial charge in [0.2, 0.25) is 3.79 Å². The van der Waals surface area contributed by atoms with E-state index in [2.05, 4.69) is 0 Å². The topological polar surface area (TPSA) is 60.7 Å². The molecule has 2 rings (SSSR count). The van der Waals surface area contributed by atoms with E-state index in [-0.39, 0.29) is 17.2 Å². The Labute approximate surface area is 131 Å². The number of halogens is 3. The zero-order chi connectivity index (χ0) is 14.9. The van der Waals surface area contributed by atoms with Crippen LogP contribution in [0.15, 0.2) is 42.5 Å². The van der Waals surface area contributed by atoms with E-state index >= 15 is 0 Å². The average Bonchev–Trinajstić information content (AvgIpc) is 2.35. The van der Waals surface area contributed by atoms with Gasteiger partial charge < -0.3 is 15.3 Å². The number of benzene rings is 2. The van der Waals surface area contributed by atoms with Gasteiger partial charge in [0, 0.05) is 0 Å². The van der Waals surface area contributed by atoms with Gasteiger partial charge >= 0.3 is 0 Å². The summed E-state index contributed by atoms with van der Waals surface area (Å²) in [6, 6.07) is 10.5. The maximum atomic E-state index is 9.59. The average molecular weight is 334 g/mol. The van der Waals surface area contributed by atoms with Crippen molar-refractivity contribution in [2.75, 3.05) is 0 Å². The first-order valence-electron chi connectivity index (χ1n) is 5.66. The third-order valence-corrected chi connectivity index (χ3v) is 3.54. The molecule has 6 heteroatoms. The fourth-order valence-electron chi connectivity index (χ4n) is 1.96. The third-order valence-electron chi connectivity index (χ3n) is 2.89. The van der Waals surface area contributed by atoms with Crippen LogP contribution in [0.5, 0.6) is 17.2 Å². The number of phenolic OH excluding ortho intramolecular Hbond substituents is 3. The lowest BCUT2D eigenvalue weighted by atomic mass is 9.92. The molecule has 106 valence electrons. The van der Waals surface area contributed by atoms with E-state index in [9.17, 15) is 15.3 Å². The summed E-state index contributed by atoms with van der Waals surface area (Å²) in [6.07, 6.45) is 0. The molecule has 0 saturated heterocycles. The highest BCUT2D eigenvalue weighted by atomic mass is 35.6. The van der Waals surface area contributed by atoms with Crippen LogP contribution in [0.25, 0.3) is 0 Å². The Hall–Kier alpha value is -1.29. The summed E-state index contributed by atoms with van der Waals surface area (Å²) >= 11 is 18.1. The zero-order valence-corrected chi connectivity index (χ0v) is 12.4. The fourth-order valence-corrected chi connectivity index (χ4v) is 2.71. The molecule has 0 aliphatic rings. The monoisotopic (exact) mass is 332 g/mol. The molecular formula is C14H11Cl3O3. The van der Waals surface area contributed by atoms with Gasteiger partial charge in [-0.3, -0.25) is 0 Å². The predicted molar refractivity (Wildman–Crippen MR) is 80.0 cm³/mol. The number of rotatable bonds is 2. The lowest BCUT2D eigenvalue weighted by Crippen LogP contribution is -2.18. The van der Waals surface area contributed by atoms with Gasteiger partial charge in [0.15, 0.2) is 11.5 Å². The summed E-state index contributed by atoms with van der Waals surface area (Å²) in [7, 11) is 0. The van der Waals surface area contributed by atoms with E-state index in [0.717, 1.165) is 0 Å². The van der Waals surface area contributed by atoms with Gasteiger partial charge in [-0.1, -0.05) is 53.0 Å². The van der Waals surface area contributed by atoms with Crippen molar-refractivity contribution < 1.29 is 15.3 Å². The van der Waals surface area contributed by atoms with E-state index in [0.29, 0.717) is 11.1 Å². The van der Waals surface area contributed by atoms with E-state index in [4.69, 9.17) is 34.8 Å². The molecular weight excluding hydrogens is 323 g/mol. The molecule has 0 heterocycles. The smallest absolute Gasteiger partial charge is 0.201 e. The van der Waals surface area contributed by atoms with E-state index < -0.39 is 9.71 Å². The van der Waals surface area contributed by atoms with Crippen molar-refractivity contribution in [3.63, 3.8) is 0 Å². The van der Waals surface area contributed by atoms with Gasteiger partial charge in [0.05, 0.1) is 5.92 Å². The highest BCUT2D eigenvalue weighted by Gasteiger charge is 2.35. The van der Waals surface area contributed by atoms with Crippen molar-refractivity contribution in [1.29, 1.82) is 0 Å². The lowest BCUT2D eigenvalue weighted by Gasteiger charge is -2.25. The Morgan fingerprint density at radius 2 is 1.30 bits per heavy atom. The molecule has 2 aromatic carbocycles. The Morgan fingerprint density at radius 3 is 1.80 bits per heavy atom. The summed E-state index contributed by atoms with van der Waals surface area (Å²) in [5.41, 5.74) is 1.19. The quantitative estimate of drug-likeness (QED) is 0.567. The second kappa shape index (κ2) is 5.60. The Bertz CT molecular complexity index is 606. The molecule has 0 bridgehead atoms. The maximum Gasteiger partial charge on any atom is 0.201 e. The van der Waals surface area contributed by atoms with E-state index in [1.54, 1.807) is 18.2 Å². The third kappa shape index (κ3) is 3.23. The van der Waals surface area contributed by atoms with Gasteiger partial charge in [0.1, 0.15) is 5.75 Å². The largest absolute Gasteiger partial charge is 0.508 e. The summed E-state index contributed by atoms with van der Waals surface area (Å²) in [4.78, 5) is 0. The first kappa shape index (κ1) is 15.1. The number of hydrogen-bond donors (Lipinski definition) is 3. The van der Waals surface area contributed by atoms with Crippen molar-refractivity contribution in [2.45, 2.75) is 9.71 Å². The lowest BCUT2D eigenvalue weighted by molar-refractivity contribution is 0.403. The standard InChI is InChI=1S/C14H11Cl3O3/c15-14(16,17)13(8-1-4-10(18)5-2-8)9-3-6-11(19)12(20)7-9/h1-7,13,18-20H/t13-/m0/s1. The van der Waals surface area contributed by atoms with Crippen LogP contribution in [0, 0.1) is 0 Å². The number of hydrogen-bond acceptors (Lipinski definition) is 3. The first-order valence-corrected chi connectivity index (χ1v) is 6.80. The molecule has 3 N–H and O–H groups in total. The predicted octanol–water partition coefficient (Wildman–Crippen LogP) is 4.31. The van der Waals surface area contributed by atoms with Crippen LogP contribution in [0.4, 0.5) is 0 Å². The van der Waals surface area contributed by atoms with E-state index in [1.807, 2.05) is 0 Å². The molecule has 3 nitrogen and oxygen atoms in total. The van der Waals surface area contributed by atoms with Crippen molar-refractivity contribution in [2.24, 2.45) is 0 Å². The highest BCUT2D eigenvalue weighted by Crippen LogP contribution is 2.47. The van der Waals surface area contributed by atoms with Gasteiger partial charge in [0.25, 0.3) is 0 Å². The number of phenols is 3. The Kier molecular flexibility index (Phi) is 4.23.